The highest BCUT2D eigenvalue weighted by atomic mass is 16.5. The maximum Gasteiger partial charge on any atom is 0.162 e. The molecule has 2 aromatic rings. The standard InChI is InChI=1S/C20H26N2O2/c1-15-6-4-8-18(16(15)2)22-12-10-21(11-13-22)14-17-7-5-9-19(24-3)20(17)23/h4-9,23H,10-14H2,1-3H3. The molecular weight excluding hydrogens is 300 g/mol. The van der Waals surface area contributed by atoms with Crippen LogP contribution in [0.5, 0.6) is 11.5 Å². The molecule has 4 heteroatoms. The fraction of sp³-hybridized carbons (Fsp3) is 0.400. The van der Waals surface area contributed by atoms with E-state index in [0.29, 0.717) is 5.75 Å². The first-order valence-electron chi connectivity index (χ1n) is 8.48. The third-order valence-corrected chi connectivity index (χ3v) is 4.99. The summed E-state index contributed by atoms with van der Waals surface area (Å²) in [5.74, 6) is 0.804. The van der Waals surface area contributed by atoms with Gasteiger partial charge in [-0.2, -0.15) is 0 Å². The van der Waals surface area contributed by atoms with Crippen molar-refractivity contribution in [2.45, 2.75) is 20.4 Å². The van der Waals surface area contributed by atoms with Gasteiger partial charge in [0.05, 0.1) is 7.11 Å². The number of anilines is 1. The number of aryl methyl sites for hydroxylation is 1. The zero-order chi connectivity index (χ0) is 17.1. The molecule has 128 valence electrons. The second-order valence-corrected chi connectivity index (χ2v) is 6.45. The number of methoxy groups -OCH3 is 1. The molecule has 0 bridgehead atoms. The van der Waals surface area contributed by atoms with Gasteiger partial charge in [0.1, 0.15) is 0 Å². The highest BCUT2D eigenvalue weighted by Gasteiger charge is 2.20. The number of ether oxygens (including phenoxy) is 1. The Labute approximate surface area is 144 Å². The molecule has 0 spiro atoms. The van der Waals surface area contributed by atoms with Crippen molar-refractivity contribution in [3.05, 3.63) is 53.1 Å². The predicted molar refractivity (Wildman–Crippen MR) is 98.1 cm³/mol. The first-order chi connectivity index (χ1) is 11.6. The quantitative estimate of drug-likeness (QED) is 0.935. The summed E-state index contributed by atoms with van der Waals surface area (Å²) in [6.07, 6.45) is 0. The molecule has 0 atom stereocenters. The van der Waals surface area contributed by atoms with E-state index >= 15 is 0 Å². The number of aromatic hydroxyl groups is 1. The van der Waals surface area contributed by atoms with Crippen LogP contribution in [-0.4, -0.2) is 43.3 Å². The van der Waals surface area contributed by atoms with E-state index in [0.717, 1.165) is 38.3 Å². The van der Waals surface area contributed by atoms with Gasteiger partial charge in [0, 0.05) is 44.0 Å². The number of para-hydroxylation sites is 1. The Morgan fingerprint density at radius 2 is 1.71 bits per heavy atom. The Hall–Kier alpha value is -2.20. The van der Waals surface area contributed by atoms with Crippen molar-refractivity contribution in [2.75, 3.05) is 38.2 Å². The lowest BCUT2D eigenvalue weighted by Gasteiger charge is -2.37. The number of phenolic OH excluding ortho intramolecular Hbond substituents is 1. The minimum Gasteiger partial charge on any atom is -0.504 e. The van der Waals surface area contributed by atoms with Gasteiger partial charge in [0.2, 0.25) is 0 Å². The van der Waals surface area contributed by atoms with Crippen molar-refractivity contribution >= 4 is 5.69 Å². The minimum atomic E-state index is 0.261. The molecule has 2 aromatic carbocycles. The Morgan fingerprint density at radius 3 is 2.42 bits per heavy atom. The SMILES string of the molecule is COc1cccc(CN2CCN(c3cccc(C)c3C)CC2)c1O. The normalized spacial score (nSPS) is 15.5. The molecule has 0 saturated carbocycles. The number of phenols is 1. The van der Waals surface area contributed by atoms with Crippen molar-refractivity contribution < 1.29 is 9.84 Å². The molecular formula is C20H26N2O2. The molecule has 1 aliphatic heterocycles. The molecule has 1 fully saturated rings. The third kappa shape index (κ3) is 3.34. The van der Waals surface area contributed by atoms with Gasteiger partial charge in [0.25, 0.3) is 0 Å². The number of hydrogen-bond acceptors (Lipinski definition) is 4. The zero-order valence-electron chi connectivity index (χ0n) is 14.7. The monoisotopic (exact) mass is 326 g/mol. The minimum absolute atomic E-state index is 0.261. The van der Waals surface area contributed by atoms with Crippen LogP contribution in [0.1, 0.15) is 16.7 Å². The summed E-state index contributed by atoms with van der Waals surface area (Å²) in [5.41, 5.74) is 4.99. The van der Waals surface area contributed by atoms with Crippen molar-refractivity contribution in [3.8, 4) is 11.5 Å². The molecule has 24 heavy (non-hydrogen) atoms. The molecule has 1 heterocycles. The van der Waals surface area contributed by atoms with Crippen LogP contribution in [0.25, 0.3) is 0 Å². The van der Waals surface area contributed by atoms with Crippen LogP contribution in [0.15, 0.2) is 36.4 Å². The maximum atomic E-state index is 10.3. The summed E-state index contributed by atoms with van der Waals surface area (Å²) < 4.78 is 5.20. The second-order valence-electron chi connectivity index (χ2n) is 6.45. The smallest absolute Gasteiger partial charge is 0.162 e. The first-order valence-corrected chi connectivity index (χ1v) is 8.48. The lowest BCUT2D eigenvalue weighted by molar-refractivity contribution is 0.245. The highest BCUT2D eigenvalue weighted by Crippen LogP contribution is 2.31. The van der Waals surface area contributed by atoms with Gasteiger partial charge in [0.15, 0.2) is 11.5 Å². The fourth-order valence-corrected chi connectivity index (χ4v) is 3.33. The molecule has 1 aliphatic rings. The molecule has 0 amide bonds. The second kappa shape index (κ2) is 7.14. The van der Waals surface area contributed by atoms with E-state index in [9.17, 15) is 5.11 Å². The summed E-state index contributed by atoms with van der Waals surface area (Å²) in [6.45, 7) is 9.12. The van der Waals surface area contributed by atoms with E-state index < -0.39 is 0 Å². The van der Waals surface area contributed by atoms with Gasteiger partial charge in [-0.1, -0.05) is 24.3 Å². The molecule has 0 aromatic heterocycles. The van der Waals surface area contributed by atoms with Crippen LogP contribution < -0.4 is 9.64 Å². The Morgan fingerprint density at radius 1 is 1.00 bits per heavy atom. The number of hydrogen-bond donors (Lipinski definition) is 1. The van der Waals surface area contributed by atoms with E-state index in [-0.39, 0.29) is 5.75 Å². The van der Waals surface area contributed by atoms with Crippen molar-refractivity contribution in [3.63, 3.8) is 0 Å². The van der Waals surface area contributed by atoms with Gasteiger partial charge in [-0.15, -0.1) is 0 Å². The van der Waals surface area contributed by atoms with Crippen LogP contribution in [0.2, 0.25) is 0 Å². The Kier molecular flexibility index (Phi) is 4.95. The summed E-state index contributed by atoms with van der Waals surface area (Å²) >= 11 is 0. The van der Waals surface area contributed by atoms with Crippen molar-refractivity contribution in [1.82, 2.24) is 4.90 Å². The Balaban J connectivity index is 1.64. The summed E-state index contributed by atoms with van der Waals surface area (Å²) in [6, 6.07) is 12.2. The molecule has 1 saturated heterocycles. The molecule has 4 nitrogen and oxygen atoms in total. The zero-order valence-corrected chi connectivity index (χ0v) is 14.7. The topological polar surface area (TPSA) is 35.9 Å². The number of benzene rings is 2. The van der Waals surface area contributed by atoms with Gasteiger partial charge in [-0.05, 0) is 37.1 Å². The first kappa shape index (κ1) is 16.7. The molecule has 0 unspecified atom stereocenters. The molecule has 0 aliphatic carbocycles. The van der Waals surface area contributed by atoms with Crippen LogP contribution >= 0.6 is 0 Å². The number of piperazine rings is 1. The molecule has 1 N–H and O–H groups in total. The van der Waals surface area contributed by atoms with E-state index in [2.05, 4.69) is 41.8 Å². The van der Waals surface area contributed by atoms with Gasteiger partial charge >= 0.3 is 0 Å². The van der Waals surface area contributed by atoms with Crippen LogP contribution in [0, 0.1) is 13.8 Å². The van der Waals surface area contributed by atoms with E-state index in [1.54, 1.807) is 13.2 Å². The van der Waals surface area contributed by atoms with Gasteiger partial charge in [-0.3, -0.25) is 4.90 Å². The van der Waals surface area contributed by atoms with Crippen molar-refractivity contribution in [1.29, 1.82) is 0 Å². The van der Waals surface area contributed by atoms with Crippen LogP contribution in [0.3, 0.4) is 0 Å². The average Bonchev–Trinajstić information content (AvgIpc) is 2.60. The van der Waals surface area contributed by atoms with Crippen molar-refractivity contribution in [2.24, 2.45) is 0 Å². The number of nitrogens with zero attached hydrogens (tertiary/aromatic N) is 2. The number of rotatable bonds is 4. The largest absolute Gasteiger partial charge is 0.504 e. The van der Waals surface area contributed by atoms with Gasteiger partial charge < -0.3 is 14.7 Å². The summed E-state index contributed by atoms with van der Waals surface area (Å²) in [7, 11) is 1.59. The average molecular weight is 326 g/mol. The Bertz CT molecular complexity index is 707. The summed E-state index contributed by atoms with van der Waals surface area (Å²) in [4.78, 5) is 4.85. The highest BCUT2D eigenvalue weighted by molar-refractivity contribution is 5.56. The van der Waals surface area contributed by atoms with Crippen LogP contribution in [-0.2, 0) is 6.54 Å². The predicted octanol–water partition coefficient (Wildman–Crippen LogP) is 3.34. The summed E-state index contributed by atoms with van der Waals surface area (Å²) in [5, 5.41) is 10.3. The van der Waals surface area contributed by atoms with Gasteiger partial charge in [-0.25, -0.2) is 0 Å². The molecule has 3 rings (SSSR count). The van der Waals surface area contributed by atoms with Crippen LogP contribution in [0.4, 0.5) is 5.69 Å². The fourth-order valence-electron chi connectivity index (χ4n) is 3.33. The van der Waals surface area contributed by atoms with E-state index in [1.165, 1.54) is 16.8 Å². The van der Waals surface area contributed by atoms with E-state index in [1.807, 2.05) is 12.1 Å². The van der Waals surface area contributed by atoms with E-state index in [4.69, 9.17) is 4.74 Å². The third-order valence-electron chi connectivity index (χ3n) is 4.99. The maximum absolute atomic E-state index is 10.3. The lowest BCUT2D eigenvalue weighted by Crippen LogP contribution is -2.46. The lowest BCUT2D eigenvalue weighted by atomic mass is 10.1. The molecule has 0 radical (unpaired) electrons.